The Labute approximate surface area is 109 Å². The first kappa shape index (κ1) is 11.6. The number of aryl methyl sites for hydroxylation is 1. The fourth-order valence-electron chi connectivity index (χ4n) is 1.28. The van der Waals surface area contributed by atoms with E-state index in [0.717, 1.165) is 5.76 Å². The van der Waals surface area contributed by atoms with Crippen molar-refractivity contribution in [2.24, 2.45) is 0 Å². The molecule has 0 amide bonds. The predicted molar refractivity (Wildman–Crippen MR) is 66.4 cm³/mol. The molecular formula is C10H8Br2N2O2. The normalized spacial score (nSPS) is 10.7. The Bertz CT molecular complexity index is 574. The summed E-state index contributed by atoms with van der Waals surface area (Å²) in [6.45, 7) is 2.19. The molecule has 0 aliphatic rings. The smallest absolute Gasteiger partial charge is 0.282 e. The summed E-state index contributed by atoms with van der Waals surface area (Å²) in [6, 6.07) is 3.69. The number of nitrogens with zero attached hydrogens (tertiary/aromatic N) is 2. The number of hydrogen-bond donors (Lipinski definition) is 0. The highest BCUT2D eigenvalue weighted by atomic mass is 79.9. The highest BCUT2D eigenvalue weighted by molar-refractivity contribution is 9.13. The quantitative estimate of drug-likeness (QED) is 0.839. The van der Waals surface area contributed by atoms with E-state index in [1.807, 2.05) is 19.1 Å². The molecule has 0 fully saturated rings. The van der Waals surface area contributed by atoms with Crippen LogP contribution in [0.5, 0.6) is 0 Å². The average Bonchev–Trinajstić information content (AvgIpc) is 2.65. The van der Waals surface area contributed by atoms with Gasteiger partial charge < -0.3 is 4.42 Å². The highest BCUT2D eigenvalue weighted by Crippen LogP contribution is 2.16. The van der Waals surface area contributed by atoms with Crippen molar-refractivity contribution in [3.8, 4) is 0 Å². The molecule has 4 nitrogen and oxygen atoms in total. The largest absolute Gasteiger partial charge is 0.464 e. The molecule has 0 saturated heterocycles. The lowest BCUT2D eigenvalue weighted by atomic mass is 10.4. The SMILES string of the molecule is Cc1ccc(Cn2ncc(Br)c(Br)c2=O)o1. The minimum Gasteiger partial charge on any atom is -0.464 e. The van der Waals surface area contributed by atoms with Crippen LogP contribution in [0.15, 0.2) is 36.5 Å². The van der Waals surface area contributed by atoms with Crippen molar-refractivity contribution >= 4 is 31.9 Å². The number of furan rings is 1. The van der Waals surface area contributed by atoms with E-state index in [1.54, 1.807) is 6.20 Å². The van der Waals surface area contributed by atoms with E-state index in [4.69, 9.17) is 4.42 Å². The molecule has 0 spiro atoms. The molecule has 2 heterocycles. The van der Waals surface area contributed by atoms with Crippen LogP contribution in [-0.2, 0) is 6.54 Å². The van der Waals surface area contributed by atoms with Crippen molar-refractivity contribution in [1.82, 2.24) is 9.78 Å². The third kappa shape index (κ3) is 2.27. The standard InChI is InChI=1S/C10H8Br2N2O2/c1-6-2-3-7(16-6)5-14-10(15)9(12)8(11)4-13-14/h2-4H,5H2,1H3. The van der Waals surface area contributed by atoms with Crippen LogP contribution in [0.25, 0.3) is 0 Å². The average molecular weight is 348 g/mol. The second-order valence-corrected chi connectivity index (χ2v) is 4.93. The zero-order valence-electron chi connectivity index (χ0n) is 8.41. The van der Waals surface area contributed by atoms with Gasteiger partial charge in [-0.1, -0.05) is 0 Å². The first-order valence-electron chi connectivity index (χ1n) is 4.54. The van der Waals surface area contributed by atoms with Crippen molar-refractivity contribution in [3.63, 3.8) is 0 Å². The minimum atomic E-state index is -0.191. The lowest BCUT2D eigenvalue weighted by molar-refractivity contribution is 0.451. The van der Waals surface area contributed by atoms with Gasteiger partial charge in [-0.15, -0.1) is 0 Å². The van der Waals surface area contributed by atoms with Crippen LogP contribution in [0.4, 0.5) is 0 Å². The zero-order chi connectivity index (χ0) is 11.7. The lowest BCUT2D eigenvalue weighted by Crippen LogP contribution is -2.23. The van der Waals surface area contributed by atoms with Gasteiger partial charge in [0, 0.05) is 0 Å². The number of hydrogen-bond acceptors (Lipinski definition) is 3. The van der Waals surface area contributed by atoms with Crippen molar-refractivity contribution in [1.29, 1.82) is 0 Å². The maximum Gasteiger partial charge on any atom is 0.282 e. The Morgan fingerprint density at radius 3 is 2.81 bits per heavy atom. The van der Waals surface area contributed by atoms with Gasteiger partial charge >= 0.3 is 0 Å². The Morgan fingerprint density at radius 1 is 1.44 bits per heavy atom. The Kier molecular flexibility index (Phi) is 3.30. The van der Waals surface area contributed by atoms with Gasteiger partial charge in [0.05, 0.1) is 10.7 Å². The van der Waals surface area contributed by atoms with E-state index in [0.29, 0.717) is 21.3 Å². The summed E-state index contributed by atoms with van der Waals surface area (Å²) >= 11 is 6.42. The number of aromatic nitrogens is 2. The molecule has 2 aromatic rings. The third-order valence-electron chi connectivity index (χ3n) is 2.04. The van der Waals surface area contributed by atoms with Crippen molar-refractivity contribution in [2.75, 3.05) is 0 Å². The van der Waals surface area contributed by atoms with Crippen LogP contribution in [0, 0.1) is 6.92 Å². The van der Waals surface area contributed by atoms with Crippen molar-refractivity contribution in [3.05, 3.63) is 49.1 Å². The van der Waals surface area contributed by atoms with Gasteiger partial charge in [-0.25, -0.2) is 4.68 Å². The first-order chi connectivity index (χ1) is 7.58. The van der Waals surface area contributed by atoms with Gasteiger partial charge in [-0.2, -0.15) is 5.10 Å². The van der Waals surface area contributed by atoms with Crippen LogP contribution < -0.4 is 5.56 Å². The molecule has 6 heteroatoms. The van der Waals surface area contributed by atoms with E-state index in [1.165, 1.54) is 4.68 Å². The van der Waals surface area contributed by atoms with Crippen LogP contribution in [-0.4, -0.2) is 9.78 Å². The summed E-state index contributed by atoms with van der Waals surface area (Å²) in [5.41, 5.74) is -0.191. The molecule has 0 aromatic carbocycles. The summed E-state index contributed by atoms with van der Waals surface area (Å²) in [5, 5.41) is 4.01. The van der Waals surface area contributed by atoms with Gasteiger partial charge in [0.2, 0.25) is 0 Å². The molecule has 0 radical (unpaired) electrons. The molecule has 84 valence electrons. The lowest BCUT2D eigenvalue weighted by Gasteiger charge is -2.03. The van der Waals surface area contributed by atoms with Crippen LogP contribution in [0.3, 0.4) is 0 Å². The summed E-state index contributed by atoms with van der Waals surface area (Å²) in [7, 11) is 0. The summed E-state index contributed by atoms with van der Waals surface area (Å²) < 4.78 is 7.83. The first-order valence-corrected chi connectivity index (χ1v) is 6.13. The molecule has 0 aliphatic carbocycles. The van der Waals surface area contributed by atoms with E-state index in [2.05, 4.69) is 37.0 Å². The fraction of sp³-hybridized carbons (Fsp3) is 0.200. The second kappa shape index (κ2) is 4.55. The zero-order valence-corrected chi connectivity index (χ0v) is 11.6. The van der Waals surface area contributed by atoms with Gasteiger partial charge in [0.1, 0.15) is 22.5 Å². The maximum atomic E-state index is 11.8. The monoisotopic (exact) mass is 346 g/mol. The summed E-state index contributed by atoms with van der Waals surface area (Å²) in [5.74, 6) is 1.53. The van der Waals surface area contributed by atoms with E-state index < -0.39 is 0 Å². The van der Waals surface area contributed by atoms with Gasteiger partial charge in [-0.3, -0.25) is 4.79 Å². The topological polar surface area (TPSA) is 48.0 Å². The predicted octanol–water partition coefficient (Wildman–Crippen LogP) is 2.72. The van der Waals surface area contributed by atoms with E-state index >= 15 is 0 Å². The van der Waals surface area contributed by atoms with Gasteiger partial charge in [0.25, 0.3) is 5.56 Å². The highest BCUT2D eigenvalue weighted by Gasteiger charge is 2.08. The third-order valence-corrected chi connectivity index (χ3v) is 3.94. The minimum absolute atomic E-state index is 0.191. The molecule has 16 heavy (non-hydrogen) atoms. The molecule has 2 rings (SSSR count). The van der Waals surface area contributed by atoms with E-state index in [9.17, 15) is 4.79 Å². The number of halogens is 2. The maximum absolute atomic E-state index is 11.8. The molecule has 2 aromatic heterocycles. The molecule has 0 unspecified atom stereocenters. The molecule has 0 saturated carbocycles. The Morgan fingerprint density at radius 2 is 2.19 bits per heavy atom. The van der Waals surface area contributed by atoms with Crippen molar-refractivity contribution in [2.45, 2.75) is 13.5 Å². The van der Waals surface area contributed by atoms with Crippen LogP contribution in [0.2, 0.25) is 0 Å². The fourth-order valence-corrected chi connectivity index (χ4v) is 1.84. The molecular weight excluding hydrogens is 340 g/mol. The molecule has 0 N–H and O–H groups in total. The molecule has 0 aliphatic heterocycles. The van der Waals surface area contributed by atoms with Crippen LogP contribution in [0.1, 0.15) is 11.5 Å². The summed E-state index contributed by atoms with van der Waals surface area (Å²) in [6.07, 6.45) is 1.57. The molecule has 0 atom stereocenters. The van der Waals surface area contributed by atoms with Gasteiger partial charge in [0.15, 0.2) is 0 Å². The van der Waals surface area contributed by atoms with Gasteiger partial charge in [-0.05, 0) is 50.9 Å². The van der Waals surface area contributed by atoms with E-state index in [-0.39, 0.29) is 5.56 Å². The number of rotatable bonds is 2. The van der Waals surface area contributed by atoms with Crippen LogP contribution >= 0.6 is 31.9 Å². The molecule has 0 bridgehead atoms. The Hall–Kier alpha value is -0.880. The summed E-state index contributed by atoms with van der Waals surface area (Å²) in [4.78, 5) is 11.8. The second-order valence-electron chi connectivity index (χ2n) is 3.28. The van der Waals surface area contributed by atoms with Crippen molar-refractivity contribution < 1.29 is 4.42 Å². The Balaban J connectivity index is 2.36.